The zero-order valence-corrected chi connectivity index (χ0v) is 15.7. The summed E-state index contributed by atoms with van der Waals surface area (Å²) < 4.78 is 1.37. The first-order chi connectivity index (χ1) is 12.1. The standard InChI is InChI=1S/C17H20N4O2S2/c1-3-18-11(2)7-19-14(22)8-21-10-20-16-15(17(21)23)12(9-25-16)13-5-4-6-24-13/h4-6,9-11,18H,3,7-8H2,1-2H3,(H,19,22)/t11-/m1/s1. The zero-order chi connectivity index (χ0) is 17.8. The van der Waals surface area contributed by atoms with Crippen LogP contribution in [0.25, 0.3) is 20.7 Å². The predicted molar refractivity (Wildman–Crippen MR) is 103 cm³/mol. The summed E-state index contributed by atoms with van der Waals surface area (Å²) >= 11 is 3.03. The van der Waals surface area contributed by atoms with E-state index in [9.17, 15) is 9.59 Å². The minimum Gasteiger partial charge on any atom is -0.353 e. The molecule has 3 aromatic heterocycles. The number of aromatic nitrogens is 2. The Morgan fingerprint density at radius 1 is 1.40 bits per heavy atom. The molecule has 3 heterocycles. The molecular formula is C17H20N4O2S2. The molecule has 25 heavy (non-hydrogen) atoms. The van der Waals surface area contributed by atoms with Crippen molar-refractivity contribution in [1.82, 2.24) is 20.2 Å². The Kier molecular flexibility index (Phi) is 5.62. The Labute approximate surface area is 153 Å². The van der Waals surface area contributed by atoms with Crippen molar-refractivity contribution in [2.24, 2.45) is 0 Å². The number of fused-ring (bicyclic) bond motifs is 1. The number of hydrogen-bond donors (Lipinski definition) is 2. The second-order valence-corrected chi connectivity index (χ2v) is 7.55. The first-order valence-electron chi connectivity index (χ1n) is 8.10. The third-order valence-electron chi connectivity index (χ3n) is 3.82. The van der Waals surface area contributed by atoms with Crippen LogP contribution in [0, 0.1) is 0 Å². The van der Waals surface area contributed by atoms with Gasteiger partial charge in [-0.3, -0.25) is 14.2 Å². The Morgan fingerprint density at radius 2 is 2.24 bits per heavy atom. The third-order valence-corrected chi connectivity index (χ3v) is 5.61. The highest BCUT2D eigenvalue weighted by Gasteiger charge is 2.15. The summed E-state index contributed by atoms with van der Waals surface area (Å²) in [5.41, 5.74) is 0.715. The molecule has 3 rings (SSSR count). The van der Waals surface area contributed by atoms with E-state index in [1.54, 1.807) is 11.3 Å². The van der Waals surface area contributed by atoms with Crippen molar-refractivity contribution >= 4 is 38.8 Å². The molecule has 2 N–H and O–H groups in total. The second-order valence-electron chi connectivity index (χ2n) is 5.75. The maximum atomic E-state index is 12.8. The normalized spacial score (nSPS) is 12.4. The van der Waals surface area contributed by atoms with Gasteiger partial charge in [0.25, 0.3) is 5.56 Å². The third kappa shape index (κ3) is 3.97. The quantitative estimate of drug-likeness (QED) is 0.663. The molecule has 1 atom stereocenters. The Balaban J connectivity index is 1.81. The summed E-state index contributed by atoms with van der Waals surface area (Å²) in [4.78, 5) is 31.0. The summed E-state index contributed by atoms with van der Waals surface area (Å²) in [6.07, 6.45) is 1.45. The number of thiophene rings is 2. The fourth-order valence-corrected chi connectivity index (χ4v) is 4.31. The van der Waals surface area contributed by atoms with Crippen LogP contribution in [0.15, 0.2) is 34.0 Å². The van der Waals surface area contributed by atoms with Crippen LogP contribution in [0.3, 0.4) is 0 Å². The van der Waals surface area contributed by atoms with Crippen molar-refractivity contribution < 1.29 is 4.79 Å². The molecule has 132 valence electrons. The lowest BCUT2D eigenvalue weighted by atomic mass is 10.2. The fraction of sp³-hybridized carbons (Fsp3) is 0.353. The summed E-state index contributed by atoms with van der Waals surface area (Å²) in [5, 5.41) is 10.6. The smallest absolute Gasteiger partial charge is 0.263 e. The average molecular weight is 377 g/mol. The number of nitrogens with zero attached hydrogens (tertiary/aromatic N) is 2. The SMILES string of the molecule is CCN[C@H](C)CNC(=O)Cn1cnc2scc(-c3cccs3)c2c1=O. The minimum atomic E-state index is -0.194. The molecule has 0 aliphatic heterocycles. The highest BCUT2D eigenvalue weighted by molar-refractivity contribution is 7.18. The second kappa shape index (κ2) is 7.90. The van der Waals surface area contributed by atoms with E-state index in [0.29, 0.717) is 16.8 Å². The lowest BCUT2D eigenvalue weighted by Crippen LogP contribution is -2.41. The molecule has 0 saturated heterocycles. The molecule has 0 unspecified atom stereocenters. The van der Waals surface area contributed by atoms with Gasteiger partial charge < -0.3 is 10.6 Å². The molecule has 0 aliphatic carbocycles. The van der Waals surface area contributed by atoms with E-state index in [-0.39, 0.29) is 24.1 Å². The molecule has 0 aromatic carbocycles. The van der Waals surface area contributed by atoms with Gasteiger partial charge in [-0.1, -0.05) is 13.0 Å². The average Bonchev–Trinajstić information content (AvgIpc) is 3.25. The van der Waals surface area contributed by atoms with Gasteiger partial charge in [-0.15, -0.1) is 22.7 Å². The van der Waals surface area contributed by atoms with Crippen molar-refractivity contribution in [3.63, 3.8) is 0 Å². The molecule has 0 spiro atoms. The number of carbonyl (C=O) groups is 1. The van der Waals surface area contributed by atoms with Gasteiger partial charge in [0, 0.05) is 28.4 Å². The van der Waals surface area contributed by atoms with Gasteiger partial charge in [-0.25, -0.2) is 4.98 Å². The lowest BCUT2D eigenvalue weighted by molar-refractivity contribution is -0.121. The molecule has 0 bridgehead atoms. The van der Waals surface area contributed by atoms with Crippen molar-refractivity contribution in [3.05, 3.63) is 39.6 Å². The van der Waals surface area contributed by atoms with Gasteiger partial charge in [0.05, 0.1) is 11.7 Å². The maximum absolute atomic E-state index is 12.8. The zero-order valence-electron chi connectivity index (χ0n) is 14.1. The number of hydrogen-bond acceptors (Lipinski definition) is 6. The Morgan fingerprint density at radius 3 is 2.96 bits per heavy atom. The minimum absolute atomic E-state index is 0.0274. The fourth-order valence-electron chi connectivity index (χ4n) is 2.59. The van der Waals surface area contributed by atoms with Crippen molar-refractivity contribution in [2.45, 2.75) is 26.4 Å². The molecule has 0 aliphatic rings. The van der Waals surface area contributed by atoms with Crippen LogP contribution < -0.4 is 16.2 Å². The summed E-state index contributed by atoms with van der Waals surface area (Å²) in [6, 6.07) is 4.13. The van der Waals surface area contributed by atoms with Gasteiger partial charge in [-0.05, 0) is 24.9 Å². The lowest BCUT2D eigenvalue weighted by Gasteiger charge is -2.13. The van der Waals surface area contributed by atoms with Gasteiger partial charge in [-0.2, -0.15) is 0 Å². The molecule has 6 nitrogen and oxygen atoms in total. The summed E-state index contributed by atoms with van der Waals surface area (Å²) in [7, 11) is 0. The Bertz CT molecular complexity index is 915. The molecule has 0 saturated carbocycles. The highest BCUT2D eigenvalue weighted by Crippen LogP contribution is 2.33. The topological polar surface area (TPSA) is 76.0 Å². The van der Waals surface area contributed by atoms with Gasteiger partial charge in [0.1, 0.15) is 11.4 Å². The van der Waals surface area contributed by atoms with Crippen LogP contribution in [0.1, 0.15) is 13.8 Å². The van der Waals surface area contributed by atoms with Crippen molar-refractivity contribution in [2.75, 3.05) is 13.1 Å². The number of amides is 1. The number of carbonyl (C=O) groups excluding carboxylic acids is 1. The molecule has 3 aromatic rings. The van der Waals surface area contributed by atoms with E-state index in [4.69, 9.17) is 0 Å². The molecule has 0 fully saturated rings. The van der Waals surface area contributed by atoms with Crippen LogP contribution in [0.4, 0.5) is 0 Å². The van der Waals surface area contributed by atoms with Gasteiger partial charge in [0.15, 0.2) is 0 Å². The Hall–Kier alpha value is -2.03. The molecule has 0 radical (unpaired) electrons. The van der Waals surface area contributed by atoms with Crippen molar-refractivity contribution in [1.29, 1.82) is 0 Å². The van der Waals surface area contributed by atoms with E-state index < -0.39 is 0 Å². The summed E-state index contributed by atoms with van der Waals surface area (Å²) in [5.74, 6) is -0.194. The van der Waals surface area contributed by atoms with Crippen LogP contribution in [0.5, 0.6) is 0 Å². The van der Waals surface area contributed by atoms with E-state index in [2.05, 4.69) is 15.6 Å². The predicted octanol–water partition coefficient (Wildman–Crippen LogP) is 2.30. The maximum Gasteiger partial charge on any atom is 0.263 e. The largest absolute Gasteiger partial charge is 0.353 e. The monoisotopic (exact) mass is 376 g/mol. The summed E-state index contributed by atoms with van der Waals surface area (Å²) in [6.45, 7) is 5.37. The first kappa shape index (κ1) is 17.8. The van der Waals surface area contributed by atoms with Gasteiger partial charge >= 0.3 is 0 Å². The van der Waals surface area contributed by atoms with Gasteiger partial charge in [0.2, 0.25) is 5.91 Å². The van der Waals surface area contributed by atoms with E-state index >= 15 is 0 Å². The first-order valence-corrected chi connectivity index (χ1v) is 9.86. The van der Waals surface area contributed by atoms with E-state index in [1.807, 2.05) is 36.7 Å². The molecule has 8 heteroatoms. The number of likely N-dealkylation sites (N-methyl/N-ethyl adjacent to an activating group) is 1. The van der Waals surface area contributed by atoms with Crippen LogP contribution in [-0.4, -0.2) is 34.6 Å². The number of rotatable bonds is 7. The van der Waals surface area contributed by atoms with Crippen LogP contribution in [-0.2, 0) is 11.3 Å². The van der Waals surface area contributed by atoms with E-state index in [0.717, 1.165) is 17.0 Å². The van der Waals surface area contributed by atoms with E-state index in [1.165, 1.54) is 22.2 Å². The molecular weight excluding hydrogens is 356 g/mol. The molecule has 1 amide bonds. The highest BCUT2D eigenvalue weighted by atomic mass is 32.1. The van der Waals surface area contributed by atoms with Crippen molar-refractivity contribution in [3.8, 4) is 10.4 Å². The van der Waals surface area contributed by atoms with Crippen LogP contribution in [0.2, 0.25) is 0 Å². The number of nitrogens with one attached hydrogen (secondary N) is 2. The van der Waals surface area contributed by atoms with Crippen LogP contribution >= 0.6 is 22.7 Å².